The summed E-state index contributed by atoms with van der Waals surface area (Å²) in [6.45, 7) is 2.61. The fourth-order valence-corrected chi connectivity index (χ4v) is 2.19. The molecular formula is C16H15ClN2O. The van der Waals surface area contributed by atoms with Crippen LogP contribution in [0.1, 0.15) is 16.7 Å². The Bertz CT molecular complexity index is 662. The van der Waals surface area contributed by atoms with Crippen LogP contribution in [0.2, 0.25) is 5.02 Å². The SMILES string of the molecule is COc1ccc(NCc2ccc(C#N)cc2Cl)cc1C. The van der Waals surface area contributed by atoms with E-state index in [4.69, 9.17) is 21.6 Å². The van der Waals surface area contributed by atoms with Crippen molar-refractivity contribution in [2.75, 3.05) is 12.4 Å². The number of halogens is 1. The van der Waals surface area contributed by atoms with Crippen LogP contribution in [0, 0.1) is 18.3 Å². The van der Waals surface area contributed by atoms with Crippen LogP contribution in [-0.2, 0) is 6.54 Å². The molecule has 0 bridgehead atoms. The molecule has 0 unspecified atom stereocenters. The number of hydrogen-bond donors (Lipinski definition) is 1. The summed E-state index contributed by atoms with van der Waals surface area (Å²) in [6, 6.07) is 13.3. The molecule has 20 heavy (non-hydrogen) atoms. The van der Waals surface area contributed by atoms with Crippen LogP contribution in [0.4, 0.5) is 5.69 Å². The van der Waals surface area contributed by atoms with Gasteiger partial charge >= 0.3 is 0 Å². The van der Waals surface area contributed by atoms with Crippen molar-refractivity contribution in [3.8, 4) is 11.8 Å². The van der Waals surface area contributed by atoms with Crippen molar-refractivity contribution in [2.45, 2.75) is 13.5 Å². The summed E-state index contributed by atoms with van der Waals surface area (Å²) in [4.78, 5) is 0. The first kappa shape index (κ1) is 14.2. The van der Waals surface area contributed by atoms with E-state index in [0.717, 1.165) is 22.6 Å². The monoisotopic (exact) mass is 286 g/mol. The first-order chi connectivity index (χ1) is 9.63. The molecule has 0 atom stereocenters. The van der Waals surface area contributed by atoms with E-state index in [9.17, 15) is 0 Å². The molecule has 1 N–H and O–H groups in total. The van der Waals surface area contributed by atoms with E-state index in [1.807, 2.05) is 31.2 Å². The number of nitrogens with one attached hydrogen (secondary N) is 1. The molecule has 0 aliphatic carbocycles. The Morgan fingerprint density at radius 1 is 1.25 bits per heavy atom. The first-order valence-electron chi connectivity index (χ1n) is 6.21. The third-order valence-electron chi connectivity index (χ3n) is 3.06. The van der Waals surface area contributed by atoms with Gasteiger partial charge in [0.15, 0.2) is 0 Å². The zero-order chi connectivity index (χ0) is 14.5. The first-order valence-corrected chi connectivity index (χ1v) is 6.59. The molecule has 2 aromatic carbocycles. The standard InChI is InChI=1S/C16H15ClN2O/c1-11-7-14(5-6-16(11)20-2)19-10-13-4-3-12(9-18)8-15(13)17/h3-8,19H,10H2,1-2H3. The predicted octanol–water partition coefficient (Wildman–Crippen LogP) is 4.14. The van der Waals surface area contributed by atoms with Crippen LogP contribution in [0.3, 0.4) is 0 Å². The lowest BCUT2D eigenvalue weighted by molar-refractivity contribution is 0.412. The zero-order valence-electron chi connectivity index (χ0n) is 11.4. The summed E-state index contributed by atoms with van der Waals surface area (Å²) in [5.74, 6) is 0.868. The minimum absolute atomic E-state index is 0.569. The van der Waals surface area contributed by atoms with Gasteiger partial charge in [-0.1, -0.05) is 17.7 Å². The van der Waals surface area contributed by atoms with Gasteiger partial charge in [-0.05, 0) is 48.4 Å². The molecule has 0 radical (unpaired) electrons. The molecule has 0 saturated heterocycles. The normalized spacial score (nSPS) is 9.90. The van der Waals surface area contributed by atoms with E-state index in [1.54, 1.807) is 19.2 Å². The molecule has 0 spiro atoms. The van der Waals surface area contributed by atoms with Gasteiger partial charge in [-0.3, -0.25) is 0 Å². The van der Waals surface area contributed by atoms with E-state index in [-0.39, 0.29) is 0 Å². The number of benzene rings is 2. The van der Waals surface area contributed by atoms with Crippen LogP contribution in [0.25, 0.3) is 0 Å². The molecule has 2 aromatic rings. The fraction of sp³-hybridized carbons (Fsp3) is 0.188. The molecule has 0 saturated carbocycles. The van der Waals surface area contributed by atoms with Crippen LogP contribution in [0.15, 0.2) is 36.4 Å². The van der Waals surface area contributed by atoms with Gasteiger partial charge in [0.1, 0.15) is 5.75 Å². The molecule has 0 heterocycles. The van der Waals surface area contributed by atoms with E-state index in [1.165, 1.54) is 0 Å². The summed E-state index contributed by atoms with van der Waals surface area (Å²) < 4.78 is 5.23. The molecule has 0 fully saturated rings. The maximum Gasteiger partial charge on any atom is 0.121 e. The summed E-state index contributed by atoms with van der Waals surface area (Å²) in [5.41, 5.74) is 3.60. The van der Waals surface area contributed by atoms with Gasteiger partial charge in [-0.25, -0.2) is 0 Å². The maximum absolute atomic E-state index is 8.80. The van der Waals surface area contributed by atoms with Crippen LogP contribution in [-0.4, -0.2) is 7.11 Å². The third-order valence-corrected chi connectivity index (χ3v) is 3.41. The van der Waals surface area contributed by atoms with E-state index in [2.05, 4.69) is 11.4 Å². The highest BCUT2D eigenvalue weighted by atomic mass is 35.5. The molecule has 102 valence electrons. The maximum atomic E-state index is 8.80. The second kappa shape index (κ2) is 6.31. The Hall–Kier alpha value is -2.18. The summed E-state index contributed by atoms with van der Waals surface area (Å²) in [7, 11) is 1.66. The lowest BCUT2D eigenvalue weighted by atomic mass is 10.1. The second-order valence-electron chi connectivity index (χ2n) is 4.46. The van der Waals surface area contributed by atoms with Gasteiger partial charge in [0.25, 0.3) is 0 Å². The number of nitriles is 1. The predicted molar refractivity (Wildman–Crippen MR) is 81.2 cm³/mol. The van der Waals surface area contributed by atoms with Crippen molar-refractivity contribution in [3.63, 3.8) is 0 Å². The largest absolute Gasteiger partial charge is 0.496 e. The van der Waals surface area contributed by atoms with Crippen LogP contribution < -0.4 is 10.1 Å². The molecule has 0 aliphatic rings. The number of anilines is 1. The number of hydrogen-bond acceptors (Lipinski definition) is 3. The second-order valence-corrected chi connectivity index (χ2v) is 4.86. The van der Waals surface area contributed by atoms with Crippen molar-refractivity contribution in [1.82, 2.24) is 0 Å². The quantitative estimate of drug-likeness (QED) is 0.919. The number of aryl methyl sites for hydroxylation is 1. The van der Waals surface area contributed by atoms with E-state index >= 15 is 0 Å². The summed E-state index contributed by atoms with van der Waals surface area (Å²) in [6.07, 6.45) is 0. The van der Waals surface area contributed by atoms with Crippen LogP contribution >= 0.6 is 11.6 Å². The highest BCUT2D eigenvalue weighted by Crippen LogP contribution is 2.23. The van der Waals surface area contributed by atoms with E-state index < -0.39 is 0 Å². The van der Waals surface area contributed by atoms with Gasteiger partial charge in [-0.15, -0.1) is 0 Å². The Morgan fingerprint density at radius 2 is 2.05 bits per heavy atom. The van der Waals surface area contributed by atoms with Crippen molar-refractivity contribution in [2.24, 2.45) is 0 Å². The van der Waals surface area contributed by atoms with Gasteiger partial charge < -0.3 is 10.1 Å². The van der Waals surface area contributed by atoms with Crippen molar-refractivity contribution >= 4 is 17.3 Å². The summed E-state index contributed by atoms with van der Waals surface area (Å²) >= 11 is 6.14. The van der Waals surface area contributed by atoms with E-state index in [0.29, 0.717) is 17.1 Å². The molecular weight excluding hydrogens is 272 g/mol. The molecule has 0 aliphatic heterocycles. The minimum atomic E-state index is 0.569. The number of nitrogens with zero attached hydrogens (tertiary/aromatic N) is 1. The van der Waals surface area contributed by atoms with Crippen molar-refractivity contribution < 1.29 is 4.74 Å². The zero-order valence-corrected chi connectivity index (χ0v) is 12.2. The molecule has 0 aromatic heterocycles. The van der Waals surface area contributed by atoms with Crippen molar-refractivity contribution in [1.29, 1.82) is 5.26 Å². The van der Waals surface area contributed by atoms with Gasteiger partial charge in [-0.2, -0.15) is 5.26 Å². The fourth-order valence-electron chi connectivity index (χ4n) is 1.95. The van der Waals surface area contributed by atoms with Gasteiger partial charge in [0, 0.05) is 17.3 Å². The minimum Gasteiger partial charge on any atom is -0.496 e. The Kier molecular flexibility index (Phi) is 4.49. The molecule has 4 heteroatoms. The smallest absolute Gasteiger partial charge is 0.121 e. The lowest BCUT2D eigenvalue weighted by Gasteiger charge is -2.11. The van der Waals surface area contributed by atoms with Crippen molar-refractivity contribution in [3.05, 3.63) is 58.1 Å². The van der Waals surface area contributed by atoms with Crippen LogP contribution in [0.5, 0.6) is 5.75 Å². The third kappa shape index (κ3) is 3.23. The number of rotatable bonds is 4. The average molecular weight is 287 g/mol. The molecule has 3 nitrogen and oxygen atoms in total. The van der Waals surface area contributed by atoms with Gasteiger partial charge in [0.05, 0.1) is 18.7 Å². The molecule has 0 amide bonds. The number of ether oxygens (including phenoxy) is 1. The Morgan fingerprint density at radius 3 is 2.65 bits per heavy atom. The lowest BCUT2D eigenvalue weighted by Crippen LogP contribution is -2.01. The molecule has 2 rings (SSSR count). The average Bonchev–Trinajstić information content (AvgIpc) is 2.46. The topological polar surface area (TPSA) is 45.0 Å². The Labute approximate surface area is 123 Å². The highest BCUT2D eigenvalue weighted by molar-refractivity contribution is 6.31. The Balaban J connectivity index is 2.09. The summed E-state index contributed by atoms with van der Waals surface area (Å²) in [5, 5.41) is 12.7. The highest BCUT2D eigenvalue weighted by Gasteiger charge is 2.03. The number of methoxy groups -OCH3 is 1. The van der Waals surface area contributed by atoms with Gasteiger partial charge in [0.2, 0.25) is 0 Å².